The average Bonchev–Trinajstić information content (AvgIpc) is 2.97. The van der Waals surface area contributed by atoms with Gasteiger partial charge in [0.1, 0.15) is 22.8 Å². The summed E-state index contributed by atoms with van der Waals surface area (Å²) in [5.41, 5.74) is 1.53. The number of ether oxygens (including phenoxy) is 2. The lowest BCUT2D eigenvalue weighted by Gasteiger charge is -2.27. The van der Waals surface area contributed by atoms with Gasteiger partial charge in [0, 0.05) is 43.3 Å². The molecule has 1 fully saturated rings. The predicted octanol–water partition coefficient (Wildman–Crippen LogP) is 4.02. The van der Waals surface area contributed by atoms with Crippen molar-refractivity contribution in [1.82, 2.24) is 24.8 Å². The van der Waals surface area contributed by atoms with Gasteiger partial charge in [0.15, 0.2) is 0 Å². The van der Waals surface area contributed by atoms with E-state index in [0.29, 0.717) is 54.2 Å². The number of morpholine rings is 1. The highest BCUT2D eigenvalue weighted by Crippen LogP contribution is 2.24. The van der Waals surface area contributed by atoms with Crippen molar-refractivity contribution in [2.75, 3.05) is 32.8 Å². The van der Waals surface area contributed by atoms with E-state index < -0.39 is 24.1 Å². The van der Waals surface area contributed by atoms with Crippen molar-refractivity contribution in [3.8, 4) is 17.0 Å². The lowest BCUT2D eigenvalue weighted by molar-refractivity contribution is -0.0500. The molecule has 1 aliphatic rings. The largest absolute Gasteiger partial charge is 0.433 e. The number of hydrogen-bond donors (Lipinski definition) is 1. The van der Waals surface area contributed by atoms with Crippen molar-refractivity contribution >= 4 is 16.9 Å². The summed E-state index contributed by atoms with van der Waals surface area (Å²) in [7, 11) is 0. The van der Waals surface area contributed by atoms with Gasteiger partial charge in [0.2, 0.25) is 0 Å². The van der Waals surface area contributed by atoms with Gasteiger partial charge in [-0.25, -0.2) is 9.37 Å². The Kier molecular flexibility index (Phi) is 8.60. The number of carbonyl (C=O) groups is 1. The maximum absolute atomic E-state index is 13.6. The molecule has 0 spiro atoms. The van der Waals surface area contributed by atoms with E-state index in [1.807, 2.05) is 0 Å². The fourth-order valence-corrected chi connectivity index (χ4v) is 4.67. The molecule has 1 saturated heterocycles. The topological polar surface area (TPSA) is 98.6 Å². The Morgan fingerprint density at radius 3 is 2.49 bits per heavy atom. The minimum Gasteiger partial charge on any atom is -0.433 e. The monoisotopic (exact) mass is 567 g/mol. The number of nitrogens with one attached hydrogen (secondary N) is 1. The van der Waals surface area contributed by atoms with Gasteiger partial charge in [-0.05, 0) is 48.9 Å². The Hall–Kier alpha value is -4.29. The third-order valence-electron chi connectivity index (χ3n) is 6.89. The van der Waals surface area contributed by atoms with Crippen LogP contribution in [0.2, 0.25) is 0 Å². The van der Waals surface area contributed by atoms with Crippen LogP contribution in [0.25, 0.3) is 22.3 Å². The summed E-state index contributed by atoms with van der Waals surface area (Å²) in [5.74, 6) is -1.05. The second-order valence-electron chi connectivity index (χ2n) is 9.61. The molecule has 12 heteroatoms. The van der Waals surface area contributed by atoms with Crippen molar-refractivity contribution < 1.29 is 27.4 Å². The fraction of sp³-hybridized carbons (Fsp3) is 0.310. The first kappa shape index (κ1) is 28.2. The number of amides is 1. The molecule has 41 heavy (non-hydrogen) atoms. The first-order valence-corrected chi connectivity index (χ1v) is 13.1. The van der Waals surface area contributed by atoms with E-state index in [4.69, 9.17) is 4.74 Å². The van der Waals surface area contributed by atoms with Crippen LogP contribution in [-0.2, 0) is 11.3 Å². The molecule has 3 aromatic heterocycles. The van der Waals surface area contributed by atoms with E-state index in [2.05, 4.69) is 24.9 Å². The molecule has 0 bridgehead atoms. The Morgan fingerprint density at radius 2 is 1.80 bits per heavy atom. The molecule has 0 unspecified atom stereocenters. The smallest absolute Gasteiger partial charge is 0.387 e. The van der Waals surface area contributed by atoms with Crippen LogP contribution in [0.4, 0.5) is 13.2 Å². The maximum Gasteiger partial charge on any atom is 0.387 e. The van der Waals surface area contributed by atoms with Crippen LogP contribution in [0.3, 0.4) is 0 Å². The van der Waals surface area contributed by atoms with Crippen LogP contribution in [0.1, 0.15) is 28.9 Å². The zero-order chi connectivity index (χ0) is 28.9. The van der Waals surface area contributed by atoms with Crippen molar-refractivity contribution in [3.05, 3.63) is 88.2 Å². The summed E-state index contributed by atoms with van der Waals surface area (Å²) in [4.78, 5) is 37.9. The van der Waals surface area contributed by atoms with Crippen molar-refractivity contribution in [2.45, 2.75) is 26.1 Å². The highest BCUT2D eigenvalue weighted by atomic mass is 19.3. The number of fused-ring (bicyclic) bond motifs is 1. The first-order valence-electron chi connectivity index (χ1n) is 13.1. The van der Waals surface area contributed by atoms with E-state index in [-0.39, 0.29) is 17.1 Å². The molecule has 1 aromatic carbocycles. The number of nitrogens with zero attached hydrogens (tertiary/aromatic N) is 4. The summed E-state index contributed by atoms with van der Waals surface area (Å²) >= 11 is 0. The molecule has 1 amide bonds. The number of aromatic nitrogens is 3. The standard InChI is InChI=1S/C29H28F3N5O4/c1-18(19-2-4-22(30)5-3-19)35-27(38)24-15-20-14-21(25-7-6-23(17-33-25)41-29(31)32)16-34-26(20)37(28(24)39)9-8-36-10-12-40-13-11-36/h2-7,14-18,29H,8-13H2,1H3,(H,35,38)/t18-/m1/s1. The third-order valence-corrected chi connectivity index (χ3v) is 6.89. The molecular weight excluding hydrogens is 539 g/mol. The minimum absolute atomic E-state index is 0.0685. The number of halogens is 3. The SMILES string of the molecule is C[C@@H](NC(=O)c1cc2cc(-c3ccc(OC(F)F)cn3)cnc2n(CCN2CCOCC2)c1=O)c1ccc(F)cc1. The van der Waals surface area contributed by atoms with Crippen LogP contribution in [0.5, 0.6) is 5.75 Å². The zero-order valence-corrected chi connectivity index (χ0v) is 22.2. The predicted molar refractivity (Wildman–Crippen MR) is 145 cm³/mol. The maximum atomic E-state index is 13.6. The zero-order valence-electron chi connectivity index (χ0n) is 22.2. The van der Waals surface area contributed by atoms with Crippen LogP contribution in [-0.4, -0.2) is 64.8 Å². The number of alkyl halides is 2. The summed E-state index contributed by atoms with van der Waals surface area (Å²) in [6.45, 7) is 2.32. The van der Waals surface area contributed by atoms with Crippen molar-refractivity contribution in [3.63, 3.8) is 0 Å². The Morgan fingerprint density at radius 1 is 1.05 bits per heavy atom. The molecule has 1 aliphatic heterocycles. The molecule has 5 rings (SSSR count). The molecule has 0 saturated carbocycles. The van der Waals surface area contributed by atoms with Crippen LogP contribution in [0.15, 0.2) is 65.7 Å². The lowest BCUT2D eigenvalue weighted by Crippen LogP contribution is -2.40. The highest BCUT2D eigenvalue weighted by Gasteiger charge is 2.20. The van der Waals surface area contributed by atoms with Gasteiger partial charge in [-0.3, -0.25) is 24.0 Å². The molecule has 0 aliphatic carbocycles. The molecule has 1 atom stereocenters. The summed E-state index contributed by atoms with van der Waals surface area (Å²) < 4.78 is 49.7. The summed E-state index contributed by atoms with van der Waals surface area (Å²) in [6.07, 6.45) is 2.73. The average molecular weight is 568 g/mol. The van der Waals surface area contributed by atoms with Gasteiger partial charge < -0.3 is 14.8 Å². The van der Waals surface area contributed by atoms with E-state index in [1.54, 1.807) is 31.3 Å². The van der Waals surface area contributed by atoms with Gasteiger partial charge in [-0.15, -0.1) is 0 Å². The lowest BCUT2D eigenvalue weighted by atomic mass is 10.1. The highest BCUT2D eigenvalue weighted by molar-refractivity contribution is 5.97. The Bertz CT molecular complexity index is 1570. The Labute approximate surface area is 233 Å². The second-order valence-corrected chi connectivity index (χ2v) is 9.61. The van der Waals surface area contributed by atoms with Gasteiger partial charge in [0.25, 0.3) is 11.5 Å². The number of rotatable bonds is 9. The molecular formula is C29H28F3N5O4. The Balaban J connectivity index is 1.49. The molecule has 0 radical (unpaired) electrons. The number of carbonyl (C=O) groups excluding carboxylic acids is 1. The fourth-order valence-electron chi connectivity index (χ4n) is 4.67. The number of hydrogen-bond acceptors (Lipinski definition) is 7. The third kappa shape index (κ3) is 6.72. The second kappa shape index (κ2) is 12.5. The van der Waals surface area contributed by atoms with Crippen LogP contribution >= 0.6 is 0 Å². The summed E-state index contributed by atoms with van der Waals surface area (Å²) in [5, 5.41) is 3.35. The van der Waals surface area contributed by atoms with Crippen molar-refractivity contribution in [1.29, 1.82) is 0 Å². The van der Waals surface area contributed by atoms with Gasteiger partial charge in [-0.1, -0.05) is 12.1 Å². The molecule has 214 valence electrons. The normalized spacial score (nSPS) is 14.8. The van der Waals surface area contributed by atoms with Gasteiger partial charge >= 0.3 is 6.61 Å². The van der Waals surface area contributed by atoms with Crippen molar-refractivity contribution in [2.24, 2.45) is 0 Å². The molecule has 1 N–H and O–H groups in total. The number of pyridine rings is 3. The number of benzene rings is 1. The first-order chi connectivity index (χ1) is 19.8. The summed E-state index contributed by atoms with van der Waals surface area (Å²) in [6, 6.07) is 11.4. The van der Waals surface area contributed by atoms with E-state index in [1.165, 1.54) is 41.1 Å². The van der Waals surface area contributed by atoms with E-state index in [9.17, 15) is 22.8 Å². The van der Waals surface area contributed by atoms with E-state index in [0.717, 1.165) is 13.1 Å². The molecule has 4 heterocycles. The quantitative estimate of drug-likeness (QED) is 0.326. The minimum atomic E-state index is -2.96. The van der Waals surface area contributed by atoms with Crippen LogP contribution < -0.4 is 15.6 Å². The van der Waals surface area contributed by atoms with Gasteiger partial charge in [-0.2, -0.15) is 8.78 Å². The van der Waals surface area contributed by atoms with Gasteiger partial charge in [0.05, 0.1) is 31.1 Å². The van der Waals surface area contributed by atoms with E-state index >= 15 is 0 Å². The van der Waals surface area contributed by atoms with Crippen LogP contribution in [0, 0.1) is 5.82 Å². The molecule has 4 aromatic rings. The molecule has 9 nitrogen and oxygen atoms in total.